The van der Waals surface area contributed by atoms with E-state index >= 15 is 0 Å². The van der Waals surface area contributed by atoms with Gasteiger partial charge in [-0.3, -0.25) is 0 Å². The Morgan fingerprint density at radius 3 is 2.58 bits per heavy atom. The van der Waals surface area contributed by atoms with E-state index in [0.717, 1.165) is 0 Å². The maximum atomic E-state index is 10.8. The van der Waals surface area contributed by atoms with Crippen molar-refractivity contribution in [3.63, 3.8) is 0 Å². The zero-order valence-electron chi connectivity index (χ0n) is 6.52. The molecule has 1 rings (SSSR count). The van der Waals surface area contributed by atoms with Gasteiger partial charge in [-0.2, -0.15) is 0 Å². The summed E-state index contributed by atoms with van der Waals surface area (Å²) in [7, 11) is 0. The summed E-state index contributed by atoms with van der Waals surface area (Å²) in [6.07, 6.45) is -2.31. The molecule has 1 aliphatic rings. The molecule has 0 bridgehead atoms. The van der Waals surface area contributed by atoms with Crippen LogP contribution in [0.5, 0.6) is 0 Å². The van der Waals surface area contributed by atoms with Gasteiger partial charge in [0.25, 0.3) is 0 Å². The molecule has 0 saturated heterocycles. The van der Waals surface area contributed by atoms with Crippen LogP contribution in [0.1, 0.15) is 0 Å². The Morgan fingerprint density at radius 1 is 1.67 bits per heavy atom. The van der Waals surface area contributed by atoms with Crippen molar-refractivity contribution in [1.82, 2.24) is 0 Å². The number of cyclic esters (lactones) is 1. The third-order valence-corrected chi connectivity index (χ3v) is 2.65. The Bertz CT molecular complexity index is 236. The van der Waals surface area contributed by atoms with Crippen LogP contribution in [0.25, 0.3) is 0 Å². The van der Waals surface area contributed by atoms with Crippen molar-refractivity contribution < 1.29 is 24.9 Å². The van der Waals surface area contributed by atoms with Crippen LogP contribution >= 0.6 is 0 Å². The maximum absolute atomic E-state index is 10.8. The SMILES string of the molecule is O=C1OC([C@@H](O)CO)C(O)=[C]1[Na]. The number of ether oxygens (including phenoxy) is 1. The molecule has 5 nitrogen and oxygen atoms in total. The number of aliphatic hydroxyl groups is 3. The van der Waals surface area contributed by atoms with E-state index in [9.17, 15) is 9.90 Å². The molecule has 1 unspecified atom stereocenters. The molecule has 0 aliphatic carbocycles. The van der Waals surface area contributed by atoms with Crippen LogP contribution < -0.4 is 0 Å². The van der Waals surface area contributed by atoms with Gasteiger partial charge in [-0.1, -0.05) is 0 Å². The summed E-state index contributed by atoms with van der Waals surface area (Å²) >= 11 is 0.369. The van der Waals surface area contributed by atoms with Gasteiger partial charge in [-0.25, -0.2) is 0 Å². The van der Waals surface area contributed by atoms with E-state index in [-0.39, 0.29) is 8.58 Å². The summed E-state index contributed by atoms with van der Waals surface area (Å²) in [6.45, 7) is -0.545. The van der Waals surface area contributed by atoms with Crippen molar-refractivity contribution in [3.05, 3.63) is 8.58 Å². The molecule has 0 fully saturated rings. The fourth-order valence-corrected chi connectivity index (χ4v) is 1.34. The first-order valence-electron chi connectivity index (χ1n) is 3.47. The van der Waals surface area contributed by atoms with E-state index in [1.54, 1.807) is 0 Å². The zero-order chi connectivity index (χ0) is 9.30. The molecule has 0 aromatic rings. The van der Waals surface area contributed by atoms with Gasteiger partial charge in [0.2, 0.25) is 0 Å². The van der Waals surface area contributed by atoms with Gasteiger partial charge in [0.15, 0.2) is 0 Å². The molecule has 0 radical (unpaired) electrons. The Kier molecular flexibility index (Phi) is 3.14. The van der Waals surface area contributed by atoms with Crippen molar-refractivity contribution in [1.29, 1.82) is 0 Å². The average molecular weight is 182 g/mol. The first-order valence-corrected chi connectivity index (χ1v) is 4.47. The standard InChI is InChI=1S/C6H7O5.Na/c7-2-4(9)6-3(8)1-5(10)11-6;/h4,6-9H,2H2;/t4-,6?;/m0./s1. The molecule has 0 aromatic carbocycles. The molecule has 0 aromatic heterocycles. The summed E-state index contributed by atoms with van der Waals surface area (Å²) in [5.74, 6) is -0.843. The second kappa shape index (κ2) is 3.76. The molecule has 2 atom stereocenters. The molecule has 1 aliphatic heterocycles. The second-order valence-corrected chi connectivity index (χ2v) is 3.59. The first-order chi connectivity index (χ1) is 5.57. The van der Waals surface area contributed by atoms with Gasteiger partial charge in [0, 0.05) is 0 Å². The predicted molar refractivity (Wildman–Crippen MR) is 38.4 cm³/mol. The first kappa shape index (κ1) is 10.0. The number of esters is 1. The van der Waals surface area contributed by atoms with Crippen LogP contribution in [0, 0.1) is 0 Å². The van der Waals surface area contributed by atoms with E-state index in [0.29, 0.717) is 27.9 Å². The molecule has 0 saturated carbocycles. The molecule has 12 heavy (non-hydrogen) atoms. The monoisotopic (exact) mass is 182 g/mol. The number of rotatable bonds is 2. The van der Waals surface area contributed by atoms with Crippen molar-refractivity contribution in [2.45, 2.75) is 12.2 Å². The Balaban J connectivity index is 2.80. The molecule has 6 heteroatoms. The number of carbonyl (C=O) groups is 1. The quantitative estimate of drug-likeness (QED) is 0.346. The third-order valence-electron chi connectivity index (χ3n) is 1.73. The predicted octanol–water partition coefficient (Wildman–Crippen LogP) is -1.80. The van der Waals surface area contributed by atoms with Crippen LogP contribution in [-0.4, -0.2) is 68.0 Å². The van der Waals surface area contributed by atoms with Gasteiger partial charge in [0.1, 0.15) is 0 Å². The molecule has 62 valence electrons. The number of hydrogen-bond donors (Lipinski definition) is 3. The molecule has 0 amide bonds. The topological polar surface area (TPSA) is 87.0 Å². The van der Waals surface area contributed by atoms with Crippen LogP contribution in [0.15, 0.2) is 8.58 Å². The fourth-order valence-electron chi connectivity index (χ4n) is 0.934. The normalized spacial score (nSPS) is 26.0. The van der Waals surface area contributed by atoms with Crippen molar-refractivity contribution in [2.75, 3.05) is 6.61 Å². The molecule has 3 N–H and O–H groups in total. The van der Waals surface area contributed by atoms with E-state index < -0.39 is 24.8 Å². The van der Waals surface area contributed by atoms with E-state index in [1.807, 2.05) is 0 Å². The van der Waals surface area contributed by atoms with Crippen LogP contribution in [0.3, 0.4) is 0 Å². The molecule has 1 heterocycles. The summed E-state index contributed by atoms with van der Waals surface area (Å²) < 4.78 is 4.82. The summed E-state index contributed by atoms with van der Waals surface area (Å²) in [6, 6.07) is 0. The van der Waals surface area contributed by atoms with Crippen LogP contribution in [0.2, 0.25) is 0 Å². The summed E-state index contributed by atoms with van der Waals surface area (Å²) in [5.41, 5.74) is 0. The fraction of sp³-hybridized carbons (Fsp3) is 0.500. The van der Waals surface area contributed by atoms with Crippen LogP contribution in [0.4, 0.5) is 0 Å². The van der Waals surface area contributed by atoms with Crippen LogP contribution in [-0.2, 0) is 9.53 Å². The summed E-state index contributed by atoms with van der Waals surface area (Å²) in [4.78, 5) is 10.8. The number of aliphatic hydroxyl groups excluding tert-OH is 3. The van der Waals surface area contributed by atoms with Gasteiger partial charge < -0.3 is 0 Å². The molecular weight excluding hydrogens is 175 g/mol. The Hall–Kier alpha value is -0.0700. The zero-order valence-corrected chi connectivity index (χ0v) is 8.52. The van der Waals surface area contributed by atoms with Crippen molar-refractivity contribution >= 4 is 33.9 Å². The van der Waals surface area contributed by atoms with Crippen molar-refractivity contribution in [3.8, 4) is 0 Å². The molecule has 0 spiro atoms. The molecular formula is C6H7NaO5. The number of carbonyl (C=O) groups excluding carboxylic acids is 1. The third kappa shape index (κ3) is 1.65. The Labute approximate surface area is 86.1 Å². The van der Waals surface area contributed by atoms with Gasteiger partial charge in [-0.15, -0.1) is 0 Å². The second-order valence-electron chi connectivity index (χ2n) is 2.59. The van der Waals surface area contributed by atoms with Gasteiger partial charge >= 0.3 is 86.1 Å². The van der Waals surface area contributed by atoms with Gasteiger partial charge in [-0.05, 0) is 0 Å². The summed E-state index contributed by atoms with van der Waals surface area (Å²) in [5, 5.41) is 26.8. The van der Waals surface area contributed by atoms with Crippen molar-refractivity contribution in [2.24, 2.45) is 0 Å². The van der Waals surface area contributed by atoms with E-state index in [4.69, 9.17) is 10.2 Å². The van der Waals surface area contributed by atoms with E-state index in [2.05, 4.69) is 4.74 Å². The Morgan fingerprint density at radius 2 is 2.25 bits per heavy atom. The van der Waals surface area contributed by atoms with Gasteiger partial charge in [0.05, 0.1) is 0 Å². The average Bonchev–Trinajstić information content (AvgIpc) is 2.32. The minimum absolute atomic E-state index is 0.215. The number of hydrogen-bond acceptors (Lipinski definition) is 5. The minimum atomic E-state index is -1.24. The van der Waals surface area contributed by atoms with E-state index in [1.165, 1.54) is 0 Å².